The van der Waals surface area contributed by atoms with Crippen molar-refractivity contribution in [1.82, 2.24) is 4.68 Å². The molecule has 0 radical (unpaired) electrons. The summed E-state index contributed by atoms with van der Waals surface area (Å²) in [6.45, 7) is 0. The van der Waals surface area contributed by atoms with Gasteiger partial charge in [0.25, 0.3) is 11.6 Å². The Bertz CT molecular complexity index is 1180. The predicted molar refractivity (Wildman–Crippen MR) is 109 cm³/mol. The van der Waals surface area contributed by atoms with Crippen molar-refractivity contribution in [3.63, 3.8) is 0 Å². The molecule has 7 heteroatoms. The molecule has 1 heterocycles. The molecular formula is C21H14ClN3O3. The summed E-state index contributed by atoms with van der Waals surface area (Å²) in [6, 6.07) is 20.7. The van der Waals surface area contributed by atoms with Crippen molar-refractivity contribution in [3.05, 3.63) is 99.7 Å². The number of carbonyl (C=O) groups excluding carboxylic acids is 1. The molecular weight excluding hydrogens is 378 g/mol. The summed E-state index contributed by atoms with van der Waals surface area (Å²) in [5.74, 6) is -0.374. The minimum Gasteiger partial charge on any atom is -0.267 e. The number of benzene rings is 3. The normalized spacial score (nSPS) is 10.8. The molecule has 0 aliphatic carbocycles. The highest BCUT2D eigenvalue weighted by atomic mass is 35.5. The van der Waals surface area contributed by atoms with Crippen LogP contribution in [0.3, 0.4) is 0 Å². The van der Waals surface area contributed by atoms with E-state index >= 15 is 0 Å². The molecule has 1 N–H and O–H groups in total. The lowest BCUT2D eigenvalue weighted by atomic mass is 10.1. The smallest absolute Gasteiger partial charge is 0.267 e. The second-order valence-electron chi connectivity index (χ2n) is 6.19. The first kappa shape index (κ1) is 17.8. The molecule has 0 bridgehead atoms. The lowest BCUT2D eigenvalue weighted by molar-refractivity contribution is -0.384. The number of nitrogens with one attached hydrogen (secondary N) is 1. The third-order valence-electron chi connectivity index (χ3n) is 4.41. The van der Waals surface area contributed by atoms with Crippen LogP contribution in [-0.4, -0.2) is 15.5 Å². The van der Waals surface area contributed by atoms with Crippen molar-refractivity contribution in [3.8, 4) is 11.1 Å². The molecule has 4 aromatic rings. The minimum absolute atomic E-state index is 0.0658. The molecule has 1 aromatic heterocycles. The van der Waals surface area contributed by atoms with E-state index in [4.69, 9.17) is 11.6 Å². The Hall–Kier alpha value is -3.64. The van der Waals surface area contributed by atoms with E-state index in [2.05, 4.69) is 5.43 Å². The lowest BCUT2D eigenvalue weighted by Crippen LogP contribution is -2.21. The van der Waals surface area contributed by atoms with Gasteiger partial charge in [0.15, 0.2) is 0 Å². The second kappa shape index (κ2) is 7.17. The summed E-state index contributed by atoms with van der Waals surface area (Å²) >= 11 is 6.18. The number of aromatic nitrogens is 1. The van der Waals surface area contributed by atoms with Crippen LogP contribution < -0.4 is 5.43 Å². The second-order valence-corrected chi connectivity index (χ2v) is 6.62. The van der Waals surface area contributed by atoms with Crippen molar-refractivity contribution >= 4 is 34.1 Å². The molecule has 28 heavy (non-hydrogen) atoms. The first-order valence-electron chi connectivity index (χ1n) is 8.45. The fraction of sp³-hybridized carbons (Fsp3) is 0. The van der Waals surface area contributed by atoms with E-state index in [-0.39, 0.29) is 11.6 Å². The van der Waals surface area contributed by atoms with Crippen LogP contribution in [0.4, 0.5) is 5.69 Å². The van der Waals surface area contributed by atoms with E-state index in [1.165, 1.54) is 24.3 Å². The van der Waals surface area contributed by atoms with Gasteiger partial charge in [-0.05, 0) is 35.9 Å². The van der Waals surface area contributed by atoms with Crippen LogP contribution >= 0.6 is 11.6 Å². The van der Waals surface area contributed by atoms with Crippen LogP contribution in [0.5, 0.6) is 0 Å². The largest absolute Gasteiger partial charge is 0.270 e. The number of amides is 1. The maximum Gasteiger partial charge on any atom is 0.270 e. The summed E-state index contributed by atoms with van der Waals surface area (Å²) in [5, 5.41) is 12.3. The predicted octanol–water partition coefficient (Wildman–Crippen LogP) is 5.25. The van der Waals surface area contributed by atoms with E-state index in [9.17, 15) is 14.9 Å². The quantitative estimate of drug-likeness (QED) is 0.381. The lowest BCUT2D eigenvalue weighted by Gasteiger charge is -2.08. The highest BCUT2D eigenvalue weighted by Gasteiger charge is 2.14. The highest BCUT2D eigenvalue weighted by Crippen LogP contribution is 2.32. The monoisotopic (exact) mass is 391 g/mol. The van der Waals surface area contributed by atoms with Crippen LogP contribution in [0.15, 0.2) is 79.0 Å². The van der Waals surface area contributed by atoms with Gasteiger partial charge in [0.2, 0.25) is 0 Å². The van der Waals surface area contributed by atoms with Gasteiger partial charge < -0.3 is 0 Å². The van der Waals surface area contributed by atoms with Gasteiger partial charge in [-0.15, -0.1) is 0 Å². The fourth-order valence-corrected chi connectivity index (χ4v) is 3.22. The van der Waals surface area contributed by atoms with Crippen LogP contribution in [0.2, 0.25) is 5.02 Å². The Morgan fingerprint density at radius 2 is 1.71 bits per heavy atom. The van der Waals surface area contributed by atoms with Gasteiger partial charge in [-0.1, -0.05) is 41.9 Å². The molecule has 0 saturated heterocycles. The number of non-ortho nitro benzene ring substituents is 1. The molecule has 3 aromatic carbocycles. The summed E-state index contributed by atoms with van der Waals surface area (Å²) in [7, 11) is 0. The number of fused-ring (bicyclic) bond motifs is 1. The van der Waals surface area contributed by atoms with Gasteiger partial charge in [-0.25, -0.2) is 0 Å². The Morgan fingerprint density at radius 3 is 2.39 bits per heavy atom. The zero-order valence-corrected chi connectivity index (χ0v) is 15.3. The number of hydrogen-bond donors (Lipinski definition) is 1. The first-order valence-corrected chi connectivity index (χ1v) is 8.82. The number of carbonyl (C=O) groups is 1. The van der Waals surface area contributed by atoms with Gasteiger partial charge in [0.05, 0.1) is 10.4 Å². The van der Waals surface area contributed by atoms with Gasteiger partial charge in [-0.3, -0.25) is 25.0 Å². The van der Waals surface area contributed by atoms with Crippen LogP contribution in [0.1, 0.15) is 10.4 Å². The number of halogens is 1. The van der Waals surface area contributed by atoms with E-state index in [1.54, 1.807) is 10.7 Å². The van der Waals surface area contributed by atoms with Crippen molar-refractivity contribution < 1.29 is 9.72 Å². The molecule has 0 saturated carbocycles. The maximum atomic E-state index is 12.6. The number of nitro benzene ring substituents is 1. The van der Waals surface area contributed by atoms with Crippen LogP contribution in [-0.2, 0) is 0 Å². The summed E-state index contributed by atoms with van der Waals surface area (Å²) in [6.07, 6.45) is 1.83. The highest BCUT2D eigenvalue weighted by molar-refractivity contribution is 6.31. The van der Waals surface area contributed by atoms with E-state index in [1.807, 2.05) is 48.7 Å². The van der Waals surface area contributed by atoms with E-state index < -0.39 is 4.92 Å². The molecule has 0 aliphatic heterocycles. The van der Waals surface area contributed by atoms with E-state index in [0.29, 0.717) is 10.6 Å². The zero-order valence-electron chi connectivity index (χ0n) is 14.5. The van der Waals surface area contributed by atoms with Crippen molar-refractivity contribution in [2.24, 2.45) is 0 Å². The van der Waals surface area contributed by atoms with Crippen LogP contribution in [0.25, 0.3) is 22.0 Å². The third kappa shape index (κ3) is 3.33. The number of hydrogen-bond acceptors (Lipinski definition) is 3. The first-order chi connectivity index (χ1) is 13.5. The minimum atomic E-state index is -0.503. The number of nitrogens with zero attached hydrogens (tertiary/aromatic N) is 2. The Morgan fingerprint density at radius 1 is 1.00 bits per heavy atom. The molecule has 6 nitrogen and oxygen atoms in total. The average molecular weight is 392 g/mol. The van der Waals surface area contributed by atoms with Crippen molar-refractivity contribution in [2.75, 3.05) is 5.43 Å². The summed E-state index contributed by atoms with van der Waals surface area (Å²) in [4.78, 5) is 22.9. The van der Waals surface area contributed by atoms with Gasteiger partial charge in [0, 0.05) is 39.9 Å². The van der Waals surface area contributed by atoms with Crippen molar-refractivity contribution in [2.45, 2.75) is 0 Å². The standard InChI is InChI=1S/C21H14ClN3O3/c22-16-8-11-20-18(12-16)19(14-4-2-1-3-5-14)13-24(20)23-21(26)15-6-9-17(10-7-15)25(27)28/h1-13H,(H,23,26). The molecule has 138 valence electrons. The summed E-state index contributed by atoms with van der Waals surface area (Å²) < 4.78 is 1.64. The van der Waals surface area contributed by atoms with E-state index in [0.717, 1.165) is 22.0 Å². The zero-order chi connectivity index (χ0) is 19.7. The molecule has 0 fully saturated rings. The molecule has 0 atom stereocenters. The molecule has 0 aliphatic rings. The fourth-order valence-electron chi connectivity index (χ4n) is 3.05. The molecule has 1 amide bonds. The average Bonchev–Trinajstić information content (AvgIpc) is 3.06. The number of rotatable bonds is 4. The van der Waals surface area contributed by atoms with Gasteiger partial charge >= 0.3 is 0 Å². The van der Waals surface area contributed by atoms with Crippen molar-refractivity contribution in [1.29, 1.82) is 0 Å². The Balaban J connectivity index is 1.73. The Kier molecular flexibility index (Phi) is 4.55. The molecule has 0 spiro atoms. The summed E-state index contributed by atoms with van der Waals surface area (Å²) in [5.41, 5.74) is 5.80. The molecule has 4 rings (SSSR count). The third-order valence-corrected chi connectivity index (χ3v) is 4.65. The number of nitro groups is 1. The van der Waals surface area contributed by atoms with Crippen LogP contribution in [0, 0.1) is 10.1 Å². The van der Waals surface area contributed by atoms with Gasteiger partial charge in [0.1, 0.15) is 0 Å². The SMILES string of the molecule is O=C(Nn1cc(-c2ccccc2)c2cc(Cl)ccc21)c1ccc([N+](=O)[O-])cc1. The maximum absolute atomic E-state index is 12.6. The Labute approximate surface area is 165 Å². The molecule has 0 unspecified atom stereocenters. The topological polar surface area (TPSA) is 77.2 Å². The van der Waals surface area contributed by atoms with Gasteiger partial charge in [-0.2, -0.15) is 0 Å².